The summed E-state index contributed by atoms with van der Waals surface area (Å²) in [5.74, 6) is 1.84. The second-order valence-corrected chi connectivity index (χ2v) is 6.02. The molecule has 1 aliphatic heterocycles. The summed E-state index contributed by atoms with van der Waals surface area (Å²) in [6, 6.07) is 6.95. The molecule has 0 amide bonds. The van der Waals surface area contributed by atoms with Crippen LogP contribution in [0.1, 0.15) is 30.5 Å². The van der Waals surface area contributed by atoms with Gasteiger partial charge in [0, 0.05) is 32.1 Å². The Kier molecular flexibility index (Phi) is 3.54. The first-order valence-corrected chi connectivity index (χ1v) is 7.84. The van der Waals surface area contributed by atoms with Crippen molar-refractivity contribution in [1.29, 1.82) is 0 Å². The highest BCUT2D eigenvalue weighted by atomic mass is 19.1. The van der Waals surface area contributed by atoms with Crippen LogP contribution in [0.25, 0.3) is 0 Å². The monoisotopic (exact) mass is 302 g/mol. The van der Waals surface area contributed by atoms with Crippen LogP contribution < -0.4 is 4.90 Å². The van der Waals surface area contributed by atoms with Gasteiger partial charge in [-0.15, -0.1) is 10.2 Å². The van der Waals surface area contributed by atoms with E-state index in [0.29, 0.717) is 24.0 Å². The summed E-state index contributed by atoms with van der Waals surface area (Å²) in [6.07, 6.45) is 2.34. The van der Waals surface area contributed by atoms with Gasteiger partial charge in [-0.2, -0.15) is 0 Å². The fourth-order valence-corrected chi connectivity index (χ4v) is 2.87. The summed E-state index contributed by atoms with van der Waals surface area (Å²) in [6.45, 7) is 4.05. The van der Waals surface area contributed by atoms with Crippen molar-refractivity contribution in [2.75, 3.05) is 31.1 Å². The number of hydrogen-bond donors (Lipinski definition) is 0. The first-order valence-electron chi connectivity index (χ1n) is 7.84. The molecule has 22 heavy (non-hydrogen) atoms. The summed E-state index contributed by atoms with van der Waals surface area (Å²) in [5, 5.41) is 8.25. The van der Waals surface area contributed by atoms with Crippen molar-refractivity contribution in [2.45, 2.75) is 25.3 Å². The number of para-hydroxylation sites is 1. The lowest BCUT2D eigenvalue weighted by atomic mass is 10.2. The highest BCUT2D eigenvalue weighted by Crippen LogP contribution is 2.39. The topological polar surface area (TPSA) is 45.4 Å². The first-order chi connectivity index (χ1) is 10.8. The highest BCUT2D eigenvalue weighted by Gasteiger charge is 2.29. The van der Waals surface area contributed by atoms with Crippen molar-refractivity contribution < 1.29 is 8.81 Å². The minimum absolute atomic E-state index is 0.151. The van der Waals surface area contributed by atoms with Gasteiger partial charge in [0.05, 0.1) is 12.2 Å². The summed E-state index contributed by atoms with van der Waals surface area (Å²) in [5.41, 5.74) is 0.691. The second-order valence-electron chi connectivity index (χ2n) is 6.02. The van der Waals surface area contributed by atoms with Crippen molar-refractivity contribution in [3.63, 3.8) is 0 Å². The van der Waals surface area contributed by atoms with Gasteiger partial charge in [0.1, 0.15) is 5.82 Å². The van der Waals surface area contributed by atoms with Crippen LogP contribution in [0.5, 0.6) is 0 Å². The molecule has 116 valence electrons. The van der Waals surface area contributed by atoms with Crippen molar-refractivity contribution in [3.05, 3.63) is 41.9 Å². The van der Waals surface area contributed by atoms with E-state index in [9.17, 15) is 4.39 Å². The van der Waals surface area contributed by atoms with Crippen LogP contribution in [0.4, 0.5) is 10.1 Å². The van der Waals surface area contributed by atoms with Crippen LogP contribution in [-0.4, -0.2) is 41.3 Å². The maximum atomic E-state index is 13.8. The minimum atomic E-state index is -0.151. The summed E-state index contributed by atoms with van der Waals surface area (Å²) < 4.78 is 19.5. The van der Waals surface area contributed by atoms with Crippen LogP contribution in [0.2, 0.25) is 0 Å². The van der Waals surface area contributed by atoms with E-state index in [4.69, 9.17) is 4.42 Å². The maximum absolute atomic E-state index is 13.8. The fourth-order valence-electron chi connectivity index (χ4n) is 2.87. The van der Waals surface area contributed by atoms with E-state index in [-0.39, 0.29) is 5.82 Å². The van der Waals surface area contributed by atoms with Crippen LogP contribution in [0, 0.1) is 5.82 Å². The molecule has 1 aromatic carbocycles. The normalized spacial score (nSPS) is 19.6. The molecule has 0 bridgehead atoms. The van der Waals surface area contributed by atoms with Gasteiger partial charge in [-0.3, -0.25) is 4.90 Å². The Morgan fingerprint density at radius 2 is 1.86 bits per heavy atom. The van der Waals surface area contributed by atoms with E-state index in [1.54, 1.807) is 6.07 Å². The Bertz CT molecular complexity index is 647. The van der Waals surface area contributed by atoms with E-state index >= 15 is 0 Å². The average Bonchev–Trinajstić information content (AvgIpc) is 3.29. The Labute approximate surface area is 128 Å². The highest BCUT2D eigenvalue weighted by molar-refractivity contribution is 5.47. The van der Waals surface area contributed by atoms with E-state index in [1.165, 1.54) is 18.9 Å². The predicted octanol–water partition coefficient (Wildman–Crippen LogP) is 2.41. The lowest BCUT2D eigenvalue weighted by molar-refractivity contribution is 0.223. The zero-order chi connectivity index (χ0) is 14.9. The Morgan fingerprint density at radius 1 is 1.09 bits per heavy atom. The standard InChI is InChI=1S/C16H19FN4O/c17-13-3-1-2-4-14(13)21-9-7-20(8-10-21)11-15-18-19-16(22-15)12-5-6-12/h1-4,12H,5-11H2. The van der Waals surface area contributed by atoms with Crippen molar-refractivity contribution >= 4 is 5.69 Å². The smallest absolute Gasteiger partial charge is 0.230 e. The molecule has 1 saturated heterocycles. The van der Waals surface area contributed by atoms with Crippen LogP contribution in [0.15, 0.2) is 28.7 Å². The van der Waals surface area contributed by atoms with Gasteiger partial charge in [-0.1, -0.05) is 12.1 Å². The number of hydrogen-bond acceptors (Lipinski definition) is 5. The third kappa shape index (κ3) is 2.83. The van der Waals surface area contributed by atoms with Gasteiger partial charge < -0.3 is 9.32 Å². The van der Waals surface area contributed by atoms with E-state index in [0.717, 1.165) is 32.1 Å². The molecule has 1 saturated carbocycles. The van der Waals surface area contributed by atoms with Crippen molar-refractivity contribution in [1.82, 2.24) is 15.1 Å². The number of halogens is 1. The largest absolute Gasteiger partial charge is 0.424 e. The molecule has 1 aromatic heterocycles. The second kappa shape index (κ2) is 5.68. The molecule has 2 aromatic rings. The average molecular weight is 302 g/mol. The van der Waals surface area contributed by atoms with Crippen LogP contribution >= 0.6 is 0 Å². The SMILES string of the molecule is Fc1ccccc1N1CCN(Cc2nnc(C3CC3)o2)CC1. The first kappa shape index (κ1) is 13.7. The van der Waals surface area contributed by atoms with Gasteiger partial charge >= 0.3 is 0 Å². The number of anilines is 1. The molecule has 0 atom stereocenters. The number of benzene rings is 1. The molecule has 2 aliphatic rings. The zero-order valence-electron chi connectivity index (χ0n) is 12.4. The van der Waals surface area contributed by atoms with Gasteiger partial charge in [-0.05, 0) is 25.0 Å². The molecule has 0 N–H and O–H groups in total. The molecule has 0 radical (unpaired) electrons. The number of rotatable bonds is 4. The van der Waals surface area contributed by atoms with Crippen LogP contribution in [0.3, 0.4) is 0 Å². The Hall–Kier alpha value is -1.95. The van der Waals surface area contributed by atoms with Gasteiger partial charge in [0.15, 0.2) is 0 Å². The number of aromatic nitrogens is 2. The molecule has 2 fully saturated rings. The van der Waals surface area contributed by atoms with Gasteiger partial charge in [0.25, 0.3) is 0 Å². The lowest BCUT2D eigenvalue weighted by Crippen LogP contribution is -2.46. The van der Waals surface area contributed by atoms with E-state index in [1.807, 2.05) is 12.1 Å². The summed E-state index contributed by atoms with van der Waals surface area (Å²) in [4.78, 5) is 4.37. The Morgan fingerprint density at radius 3 is 2.59 bits per heavy atom. The molecule has 0 unspecified atom stereocenters. The zero-order valence-corrected chi connectivity index (χ0v) is 12.4. The number of piperazine rings is 1. The molecule has 2 heterocycles. The van der Waals surface area contributed by atoms with Crippen molar-refractivity contribution in [2.24, 2.45) is 0 Å². The quantitative estimate of drug-likeness (QED) is 0.868. The molecular weight excluding hydrogens is 283 g/mol. The summed E-state index contributed by atoms with van der Waals surface area (Å²) >= 11 is 0. The molecule has 6 heteroatoms. The third-order valence-electron chi connectivity index (χ3n) is 4.33. The van der Waals surface area contributed by atoms with Crippen LogP contribution in [-0.2, 0) is 6.54 Å². The van der Waals surface area contributed by atoms with E-state index in [2.05, 4.69) is 20.0 Å². The third-order valence-corrected chi connectivity index (χ3v) is 4.33. The molecule has 5 nitrogen and oxygen atoms in total. The molecule has 4 rings (SSSR count). The summed E-state index contributed by atoms with van der Waals surface area (Å²) in [7, 11) is 0. The minimum Gasteiger partial charge on any atom is -0.424 e. The van der Waals surface area contributed by atoms with Gasteiger partial charge in [0.2, 0.25) is 11.8 Å². The maximum Gasteiger partial charge on any atom is 0.230 e. The predicted molar refractivity (Wildman–Crippen MR) is 80.2 cm³/mol. The molecule has 1 aliphatic carbocycles. The fraction of sp³-hybridized carbons (Fsp3) is 0.500. The van der Waals surface area contributed by atoms with Crippen molar-refractivity contribution in [3.8, 4) is 0 Å². The molecular formula is C16H19FN4O. The Balaban J connectivity index is 1.34. The van der Waals surface area contributed by atoms with Gasteiger partial charge in [-0.25, -0.2) is 4.39 Å². The lowest BCUT2D eigenvalue weighted by Gasteiger charge is -2.35. The number of nitrogens with zero attached hydrogens (tertiary/aromatic N) is 4. The molecule has 0 spiro atoms. The van der Waals surface area contributed by atoms with E-state index < -0.39 is 0 Å².